The van der Waals surface area contributed by atoms with Crippen LogP contribution in [0.2, 0.25) is 0 Å². The molecule has 9 heteroatoms. The van der Waals surface area contributed by atoms with Gasteiger partial charge in [-0.05, 0) is 50.3 Å². The van der Waals surface area contributed by atoms with E-state index in [4.69, 9.17) is 4.52 Å². The monoisotopic (exact) mass is 539 g/mol. The number of anilines is 1. The van der Waals surface area contributed by atoms with Crippen molar-refractivity contribution in [1.82, 2.24) is 10.1 Å². The number of aryl methyl sites for hydroxylation is 1. The zero-order valence-electron chi connectivity index (χ0n) is 22.9. The van der Waals surface area contributed by atoms with Gasteiger partial charge in [0, 0.05) is 24.1 Å². The van der Waals surface area contributed by atoms with E-state index in [2.05, 4.69) is 9.88 Å². The Balaban J connectivity index is 1.91. The summed E-state index contributed by atoms with van der Waals surface area (Å²) in [5, 5.41) is 3.82. The number of ketones is 1. The van der Waals surface area contributed by atoms with Crippen LogP contribution in [0.4, 0.5) is 5.88 Å². The van der Waals surface area contributed by atoms with E-state index in [-0.39, 0.29) is 28.4 Å². The second kappa shape index (κ2) is 12.4. The molecular formula is C29H37N3O5S. The first-order valence-corrected chi connectivity index (χ1v) is 14.4. The van der Waals surface area contributed by atoms with Gasteiger partial charge in [-0.2, -0.15) is 0 Å². The molecule has 0 aliphatic carbocycles. The van der Waals surface area contributed by atoms with Crippen LogP contribution in [-0.2, 0) is 26.2 Å². The summed E-state index contributed by atoms with van der Waals surface area (Å²) in [5.41, 5.74) is 3.32. The Hall–Kier alpha value is -3.46. The fourth-order valence-corrected chi connectivity index (χ4v) is 5.75. The third-order valence-corrected chi connectivity index (χ3v) is 8.02. The Morgan fingerprint density at radius 2 is 1.71 bits per heavy atom. The van der Waals surface area contributed by atoms with Gasteiger partial charge in [-0.1, -0.05) is 74.8 Å². The summed E-state index contributed by atoms with van der Waals surface area (Å²) in [6, 6.07) is 13.6. The predicted octanol–water partition coefficient (Wildman–Crippen LogP) is 5.89. The average molecular weight is 540 g/mol. The number of carbonyl (C=O) groups excluding carboxylic acids is 2. The van der Waals surface area contributed by atoms with Crippen LogP contribution in [0.15, 0.2) is 57.9 Å². The number of hydrogen-bond donors (Lipinski definition) is 1. The number of hydrogen-bond acceptors (Lipinski definition) is 6. The first kappa shape index (κ1) is 29.1. The quantitative estimate of drug-likeness (QED) is 0.307. The molecule has 1 amide bonds. The van der Waals surface area contributed by atoms with Crippen molar-refractivity contribution in [3.05, 3.63) is 65.4 Å². The third-order valence-electron chi connectivity index (χ3n) is 6.63. The minimum Gasteiger partial charge on any atom is -0.337 e. The average Bonchev–Trinajstić information content (AvgIpc) is 3.18. The Bertz CT molecular complexity index is 1380. The molecule has 0 radical (unpaired) electrons. The molecule has 0 aliphatic rings. The predicted molar refractivity (Wildman–Crippen MR) is 148 cm³/mol. The minimum atomic E-state index is -3.95. The molecular weight excluding hydrogens is 502 g/mol. The molecule has 0 saturated carbocycles. The van der Waals surface area contributed by atoms with Crippen molar-refractivity contribution in [2.24, 2.45) is 5.92 Å². The zero-order valence-corrected chi connectivity index (χ0v) is 23.8. The molecule has 38 heavy (non-hydrogen) atoms. The van der Waals surface area contributed by atoms with Crippen LogP contribution in [0.25, 0.3) is 11.1 Å². The van der Waals surface area contributed by atoms with Crippen molar-refractivity contribution >= 4 is 27.6 Å². The minimum absolute atomic E-state index is 0.0151. The highest BCUT2D eigenvalue weighted by atomic mass is 32.2. The molecule has 0 fully saturated rings. The van der Waals surface area contributed by atoms with Crippen molar-refractivity contribution in [2.75, 3.05) is 4.72 Å². The van der Waals surface area contributed by atoms with Gasteiger partial charge in [0.05, 0.1) is 16.6 Å². The molecule has 0 bridgehead atoms. The number of rotatable bonds is 12. The number of carbonyl (C=O) groups is 2. The number of aromatic nitrogens is 1. The van der Waals surface area contributed by atoms with Crippen molar-refractivity contribution in [1.29, 1.82) is 0 Å². The highest BCUT2D eigenvalue weighted by Gasteiger charge is 2.30. The molecule has 3 rings (SSSR count). The molecule has 1 heterocycles. The van der Waals surface area contributed by atoms with Crippen molar-refractivity contribution in [3.8, 4) is 11.1 Å². The Morgan fingerprint density at radius 1 is 1.05 bits per heavy atom. The van der Waals surface area contributed by atoms with Gasteiger partial charge in [0.15, 0.2) is 5.78 Å². The summed E-state index contributed by atoms with van der Waals surface area (Å²) < 4.78 is 34.2. The van der Waals surface area contributed by atoms with Gasteiger partial charge < -0.3 is 9.42 Å². The summed E-state index contributed by atoms with van der Waals surface area (Å²) >= 11 is 0. The highest BCUT2D eigenvalue weighted by molar-refractivity contribution is 7.92. The normalized spacial score (nSPS) is 12.4. The van der Waals surface area contributed by atoms with Crippen molar-refractivity contribution in [2.45, 2.75) is 78.3 Å². The lowest BCUT2D eigenvalue weighted by Crippen LogP contribution is -2.46. The van der Waals surface area contributed by atoms with E-state index in [1.165, 1.54) is 6.92 Å². The number of nitrogens with zero attached hydrogens (tertiary/aromatic N) is 2. The summed E-state index contributed by atoms with van der Waals surface area (Å²) in [4.78, 5) is 27.3. The van der Waals surface area contributed by atoms with E-state index in [0.717, 1.165) is 18.4 Å². The Kier molecular flexibility index (Phi) is 9.49. The van der Waals surface area contributed by atoms with Crippen LogP contribution in [0.1, 0.15) is 63.8 Å². The molecule has 1 N–H and O–H groups in total. The second-order valence-electron chi connectivity index (χ2n) is 9.95. The summed E-state index contributed by atoms with van der Waals surface area (Å²) in [6.07, 6.45) is 2.06. The molecule has 2 aromatic carbocycles. The number of nitrogens with one attached hydrogen (secondary N) is 1. The number of Topliss-reactive ketones (excluding diaryl/α,β-unsaturated/α-hetero) is 1. The van der Waals surface area contributed by atoms with E-state index in [9.17, 15) is 18.0 Å². The van der Waals surface area contributed by atoms with E-state index in [1.807, 2.05) is 45.0 Å². The fourth-order valence-electron chi connectivity index (χ4n) is 4.48. The van der Waals surface area contributed by atoms with E-state index in [0.29, 0.717) is 35.3 Å². The van der Waals surface area contributed by atoms with Crippen LogP contribution >= 0.6 is 0 Å². The largest absolute Gasteiger partial charge is 0.337 e. The molecule has 204 valence electrons. The number of sulfonamides is 1. The van der Waals surface area contributed by atoms with Crippen LogP contribution in [0.3, 0.4) is 0 Å². The summed E-state index contributed by atoms with van der Waals surface area (Å²) in [6.45, 7) is 11.2. The Morgan fingerprint density at radius 3 is 2.26 bits per heavy atom. The van der Waals surface area contributed by atoms with Crippen LogP contribution in [0.5, 0.6) is 0 Å². The first-order valence-electron chi connectivity index (χ1n) is 12.9. The van der Waals surface area contributed by atoms with Gasteiger partial charge in [-0.3, -0.25) is 9.59 Å². The lowest BCUT2D eigenvalue weighted by molar-refractivity contribution is -0.141. The van der Waals surface area contributed by atoms with E-state index in [1.54, 1.807) is 43.0 Å². The van der Waals surface area contributed by atoms with Crippen molar-refractivity contribution in [3.63, 3.8) is 0 Å². The van der Waals surface area contributed by atoms with Crippen LogP contribution in [-0.4, -0.2) is 36.2 Å². The molecule has 0 saturated heterocycles. The molecule has 3 aromatic rings. The van der Waals surface area contributed by atoms with E-state index < -0.39 is 16.1 Å². The van der Waals surface area contributed by atoms with Crippen molar-refractivity contribution < 1.29 is 22.5 Å². The maximum atomic E-state index is 13.3. The fraction of sp³-hybridized carbons (Fsp3) is 0.414. The smallest absolute Gasteiger partial charge is 0.264 e. The van der Waals surface area contributed by atoms with E-state index >= 15 is 0 Å². The molecule has 0 spiro atoms. The van der Waals surface area contributed by atoms with Crippen LogP contribution in [0, 0.1) is 19.8 Å². The number of unbranched alkanes of at least 4 members (excludes halogenated alkanes) is 1. The third kappa shape index (κ3) is 6.69. The molecule has 0 aliphatic heterocycles. The SMILES string of the molecule is CCCCC(=O)N(Cc1ccc(-c2ccccc2S(=O)(=O)Nc2onc(C)c2C)cc1)C(C(C)=O)C(C)C. The molecule has 1 aromatic heterocycles. The second-order valence-corrected chi connectivity index (χ2v) is 11.6. The lowest BCUT2D eigenvalue weighted by Gasteiger charge is -2.33. The lowest BCUT2D eigenvalue weighted by atomic mass is 9.97. The first-order chi connectivity index (χ1) is 18.0. The van der Waals surface area contributed by atoms with Crippen LogP contribution < -0.4 is 4.72 Å². The number of amides is 1. The number of benzene rings is 2. The molecule has 1 unspecified atom stereocenters. The standard InChI is InChI=1S/C29H37N3O5S/c1-7-8-13-27(34)32(28(19(2)3)22(6)33)18-23-14-16-24(17-15-23)25-11-9-10-12-26(25)38(35,36)31-29-20(4)21(5)30-37-29/h9-12,14-17,19,28,31H,7-8,13,18H2,1-6H3. The topological polar surface area (TPSA) is 110 Å². The molecule has 8 nitrogen and oxygen atoms in total. The summed E-state index contributed by atoms with van der Waals surface area (Å²) in [5.74, 6) is -0.0000407. The molecule has 1 atom stereocenters. The van der Waals surface area contributed by atoms with Gasteiger partial charge in [0.2, 0.25) is 11.8 Å². The van der Waals surface area contributed by atoms with Gasteiger partial charge >= 0.3 is 0 Å². The van der Waals surface area contributed by atoms with Gasteiger partial charge in [0.25, 0.3) is 10.0 Å². The highest BCUT2D eigenvalue weighted by Crippen LogP contribution is 2.30. The Labute approximate surface area is 225 Å². The maximum Gasteiger partial charge on any atom is 0.264 e. The summed E-state index contributed by atoms with van der Waals surface area (Å²) in [7, 11) is -3.95. The van der Waals surface area contributed by atoms with Gasteiger partial charge in [-0.15, -0.1) is 0 Å². The van der Waals surface area contributed by atoms with Gasteiger partial charge in [-0.25, -0.2) is 13.1 Å². The zero-order chi connectivity index (χ0) is 28.0. The van der Waals surface area contributed by atoms with Gasteiger partial charge in [0.1, 0.15) is 0 Å². The maximum absolute atomic E-state index is 13.3.